The average molecular weight is 177 g/mol. The van der Waals surface area contributed by atoms with E-state index in [-0.39, 0.29) is 6.54 Å². The van der Waals surface area contributed by atoms with Crippen molar-refractivity contribution >= 4 is 21.4 Å². The van der Waals surface area contributed by atoms with Crippen LogP contribution in [0.4, 0.5) is 0 Å². The molecule has 11 heavy (non-hydrogen) atoms. The number of carbonyl (C=O) groups excluding carboxylic acids is 1. The molecule has 6 heteroatoms. The van der Waals surface area contributed by atoms with Gasteiger partial charge in [-0.05, 0) is 0 Å². The van der Waals surface area contributed by atoms with Crippen LogP contribution in [0, 0.1) is 0 Å². The van der Waals surface area contributed by atoms with Gasteiger partial charge in [0.1, 0.15) is 6.54 Å². The summed E-state index contributed by atoms with van der Waals surface area (Å²) in [5.74, 6) is -0.125. The molecule has 0 aliphatic rings. The first-order valence-corrected chi connectivity index (χ1v) is 3.42. The van der Waals surface area contributed by atoms with E-state index in [1.165, 1.54) is 0 Å². The van der Waals surface area contributed by atoms with Gasteiger partial charge in [-0.2, -0.15) is 0 Å². The smallest absolute Gasteiger partial charge is 0.329 e. The van der Waals surface area contributed by atoms with E-state index < -0.39 is 5.97 Å². The molecule has 0 saturated heterocycles. The van der Waals surface area contributed by atoms with Crippen LogP contribution in [0.5, 0.6) is 0 Å². The highest BCUT2D eigenvalue weighted by Gasteiger charge is 1.98. The summed E-state index contributed by atoms with van der Waals surface area (Å²) in [4.78, 5) is 15.8. The van der Waals surface area contributed by atoms with Gasteiger partial charge in [0.15, 0.2) is 5.96 Å². The Balaban J connectivity index is 3.82. The van der Waals surface area contributed by atoms with Gasteiger partial charge in [-0.25, -0.2) is 9.79 Å². The minimum absolute atomic E-state index is 0.0481. The van der Waals surface area contributed by atoms with Crippen LogP contribution in [0.1, 0.15) is 0 Å². The van der Waals surface area contributed by atoms with Gasteiger partial charge in [-0.1, -0.05) is 0 Å². The predicted molar refractivity (Wildman–Crippen MR) is 46.0 cm³/mol. The molecule has 5 nitrogen and oxygen atoms in total. The van der Waals surface area contributed by atoms with Crippen LogP contribution in [0.2, 0.25) is 0 Å². The van der Waals surface area contributed by atoms with Gasteiger partial charge in [-0.15, -0.1) is 0 Å². The average Bonchev–Trinajstić information content (AvgIpc) is 1.99. The first kappa shape index (κ1) is 10.2. The monoisotopic (exact) mass is 177 g/mol. The van der Waals surface area contributed by atoms with E-state index in [4.69, 9.17) is 5.73 Å². The topological polar surface area (TPSA) is 67.9 Å². The van der Waals surface area contributed by atoms with Crippen molar-refractivity contribution in [3.05, 3.63) is 0 Å². The van der Waals surface area contributed by atoms with E-state index in [1.807, 2.05) is 9.47 Å². The highest BCUT2D eigenvalue weighted by molar-refractivity contribution is 7.10. The lowest BCUT2D eigenvalue weighted by Crippen LogP contribution is -2.31. The molecular weight excluding hydrogens is 165 g/mol. The van der Waals surface area contributed by atoms with Gasteiger partial charge in [0.2, 0.25) is 0 Å². The molecule has 0 bridgehead atoms. The number of rotatable bonds is 2. The van der Waals surface area contributed by atoms with Crippen LogP contribution in [0.3, 0.4) is 0 Å². The molecule has 0 aliphatic heterocycles. The third-order valence-corrected chi connectivity index (χ3v) is 1.22. The summed E-state index contributed by atoms with van der Waals surface area (Å²) in [7, 11) is 5.33. The molecular formula is C5H12N3O2P. The lowest BCUT2D eigenvalue weighted by molar-refractivity contribution is -0.131. The third kappa shape index (κ3) is 4.56. The Labute approximate surface area is 67.9 Å². The fourth-order valence-corrected chi connectivity index (χ4v) is 0.399. The Morgan fingerprint density at radius 2 is 2.27 bits per heavy atom. The number of aliphatic imine (C=N–C) groups is 1. The zero-order chi connectivity index (χ0) is 8.85. The fraction of sp³-hybridized carbons (Fsp3) is 0.600. The standard InChI is InChI=1S/C5H12N3O2P/c1-8(2)5(6)7-3-4(9)10-11/h3,11H2,1-2H3,(H2,6,7). The molecule has 0 aromatic rings. The van der Waals surface area contributed by atoms with E-state index in [9.17, 15) is 4.79 Å². The normalized spacial score (nSPS) is 11.0. The Kier molecular flexibility index (Phi) is 4.54. The van der Waals surface area contributed by atoms with Crippen molar-refractivity contribution in [3.63, 3.8) is 0 Å². The molecule has 0 aromatic heterocycles. The van der Waals surface area contributed by atoms with Crippen LogP contribution in [0.15, 0.2) is 4.99 Å². The Morgan fingerprint density at radius 1 is 1.73 bits per heavy atom. The molecule has 0 fully saturated rings. The Hall–Kier alpha value is -0.830. The number of hydrogen-bond donors (Lipinski definition) is 1. The predicted octanol–water partition coefficient (Wildman–Crippen LogP) is -0.804. The number of guanidine groups is 1. The maximum atomic E-state index is 10.5. The number of nitrogens with two attached hydrogens (primary N) is 1. The minimum Gasteiger partial charge on any atom is -0.450 e. The first-order valence-electron chi connectivity index (χ1n) is 2.94. The number of nitrogens with zero attached hydrogens (tertiary/aromatic N) is 2. The van der Waals surface area contributed by atoms with E-state index in [0.29, 0.717) is 5.96 Å². The zero-order valence-electron chi connectivity index (χ0n) is 6.57. The summed E-state index contributed by atoms with van der Waals surface area (Å²) in [6, 6.07) is 0. The van der Waals surface area contributed by atoms with E-state index in [1.54, 1.807) is 19.0 Å². The zero-order valence-corrected chi connectivity index (χ0v) is 7.73. The van der Waals surface area contributed by atoms with Gasteiger partial charge >= 0.3 is 5.97 Å². The third-order valence-electron chi connectivity index (χ3n) is 0.960. The van der Waals surface area contributed by atoms with Crippen molar-refractivity contribution in [3.8, 4) is 0 Å². The second-order valence-electron chi connectivity index (χ2n) is 2.06. The molecule has 0 amide bonds. The Bertz CT molecular complexity index is 169. The maximum Gasteiger partial charge on any atom is 0.329 e. The van der Waals surface area contributed by atoms with Crippen LogP contribution in [0.25, 0.3) is 0 Å². The molecule has 0 saturated carbocycles. The molecule has 64 valence electrons. The highest BCUT2D eigenvalue weighted by atomic mass is 31.0. The Morgan fingerprint density at radius 3 is 2.64 bits per heavy atom. The highest BCUT2D eigenvalue weighted by Crippen LogP contribution is 1.87. The second kappa shape index (κ2) is 4.91. The van der Waals surface area contributed by atoms with Crippen molar-refractivity contribution < 1.29 is 9.32 Å². The minimum atomic E-state index is -0.431. The van der Waals surface area contributed by atoms with Crippen LogP contribution in [-0.2, 0) is 9.32 Å². The summed E-state index contributed by atoms with van der Waals surface area (Å²) < 4.78 is 4.28. The molecule has 2 N–H and O–H groups in total. The van der Waals surface area contributed by atoms with Crippen LogP contribution in [-0.4, -0.2) is 37.5 Å². The molecule has 0 radical (unpaired) electrons. The van der Waals surface area contributed by atoms with Crippen molar-refractivity contribution in [2.24, 2.45) is 10.7 Å². The molecule has 0 aromatic carbocycles. The maximum absolute atomic E-state index is 10.5. The van der Waals surface area contributed by atoms with Crippen molar-refractivity contribution in [2.45, 2.75) is 0 Å². The second-order valence-corrected chi connectivity index (χ2v) is 2.29. The first-order chi connectivity index (χ1) is 5.07. The van der Waals surface area contributed by atoms with Gasteiger partial charge < -0.3 is 15.2 Å². The summed E-state index contributed by atoms with van der Waals surface area (Å²) in [5.41, 5.74) is 5.38. The van der Waals surface area contributed by atoms with Crippen molar-refractivity contribution in [1.82, 2.24) is 4.90 Å². The molecule has 0 spiro atoms. The fourth-order valence-electron chi connectivity index (χ4n) is 0.324. The van der Waals surface area contributed by atoms with Crippen molar-refractivity contribution in [2.75, 3.05) is 20.6 Å². The summed E-state index contributed by atoms with van der Waals surface area (Å²) in [5, 5.41) is 0. The quantitative estimate of drug-likeness (QED) is 0.340. The van der Waals surface area contributed by atoms with Gasteiger partial charge in [0, 0.05) is 14.1 Å². The van der Waals surface area contributed by atoms with Gasteiger partial charge in [-0.3, -0.25) is 0 Å². The van der Waals surface area contributed by atoms with E-state index in [2.05, 4.69) is 9.52 Å². The van der Waals surface area contributed by atoms with E-state index >= 15 is 0 Å². The molecule has 0 heterocycles. The number of hydrogen-bond acceptors (Lipinski definition) is 3. The summed E-state index contributed by atoms with van der Waals surface area (Å²) >= 11 is 0. The van der Waals surface area contributed by atoms with Crippen molar-refractivity contribution in [1.29, 1.82) is 0 Å². The summed E-state index contributed by atoms with van der Waals surface area (Å²) in [6.45, 7) is -0.0481. The van der Waals surface area contributed by atoms with Crippen LogP contribution >= 0.6 is 9.47 Å². The lowest BCUT2D eigenvalue weighted by Gasteiger charge is -2.09. The molecule has 1 unspecified atom stereocenters. The van der Waals surface area contributed by atoms with Crippen LogP contribution < -0.4 is 5.73 Å². The number of carbonyl (C=O) groups is 1. The molecule has 1 atom stereocenters. The van der Waals surface area contributed by atoms with Gasteiger partial charge in [0.25, 0.3) is 0 Å². The van der Waals surface area contributed by atoms with E-state index in [0.717, 1.165) is 0 Å². The van der Waals surface area contributed by atoms with Gasteiger partial charge in [0.05, 0.1) is 9.47 Å². The lowest BCUT2D eigenvalue weighted by atomic mass is 10.7. The summed E-state index contributed by atoms with van der Waals surface area (Å²) in [6.07, 6.45) is 0. The molecule has 0 rings (SSSR count). The largest absolute Gasteiger partial charge is 0.450 e. The molecule has 0 aliphatic carbocycles. The SMILES string of the molecule is CN(C)C(N)=NCC(=O)OP.